The number of nitrogens with two attached hydrogens (primary N) is 1. The molecule has 2 N–H and O–H groups in total. The van der Waals surface area contributed by atoms with E-state index in [0.29, 0.717) is 22.1 Å². The van der Waals surface area contributed by atoms with Gasteiger partial charge in [-0.25, -0.2) is 0 Å². The largest absolute Gasteiger partial charge is 0.468 e. The Kier molecular flexibility index (Phi) is 6.05. The standard InChI is InChI=1S/C13H17ClN2O2S/c1-3-6-16(8-12(17)18-2)11-5-4-9(13(15)19)7-10(11)14/h4-5,7H,3,6,8H2,1-2H3,(H2,15,19). The van der Waals surface area contributed by atoms with E-state index in [1.807, 2.05) is 17.9 Å². The molecule has 0 aromatic heterocycles. The van der Waals surface area contributed by atoms with Crippen LogP contribution in [0.1, 0.15) is 18.9 Å². The van der Waals surface area contributed by atoms with Gasteiger partial charge in [-0.05, 0) is 24.6 Å². The molecular formula is C13H17ClN2O2S. The van der Waals surface area contributed by atoms with E-state index in [9.17, 15) is 4.79 Å². The van der Waals surface area contributed by atoms with Crippen LogP contribution < -0.4 is 10.6 Å². The number of anilines is 1. The van der Waals surface area contributed by atoms with E-state index in [-0.39, 0.29) is 12.5 Å². The summed E-state index contributed by atoms with van der Waals surface area (Å²) in [6.45, 7) is 2.90. The van der Waals surface area contributed by atoms with E-state index >= 15 is 0 Å². The van der Waals surface area contributed by atoms with Crippen molar-refractivity contribution in [2.75, 3.05) is 25.1 Å². The predicted molar refractivity (Wildman–Crippen MR) is 81.9 cm³/mol. The maximum Gasteiger partial charge on any atom is 0.325 e. The molecule has 0 aliphatic heterocycles. The molecule has 4 nitrogen and oxygen atoms in total. The van der Waals surface area contributed by atoms with Crippen molar-refractivity contribution in [2.45, 2.75) is 13.3 Å². The second kappa shape index (κ2) is 7.31. The van der Waals surface area contributed by atoms with Crippen molar-refractivity contribution < 1.29 is 9.53 Å². The van der Waals surface area contributed by atoms with Crippen LogP contribution in [0.5, 0.6) is 0 Å². The minimum absolute atomic E-state index is 0.163. The second-order valence-corrected chi connectivity index (χ2v) is 4.88. The lowest BCUT2D eigenvalue weighted by Gasteiger charge is -2.24. The van der Waals surface area contributed by atoms with Crippen molar-refractivity contribution in [1.29, 1.82) is 0 Å². The fourth-order valence-electron chi connectivity index (χ4n) is 1.69. The van der Waals surface area contributed by atoms with Gasteiger partial charge in [-0.1, -0.05) is 30.7 Å². The summed E-state index contributed by atoms with van der Waals surface area (Å²) >= 11 is 11.1. The van der Waals surface area contributed by atoms with Crippen molar-refractivity contribution in [3.63, 3.8) is 0 Å². The molecule has 0 spiro atoms. The Morgan fingerprint density at radius 1 is 1.53 bits per heavy atom. The average molecular weight is 301 g/mol. The van der Waals surface area contributed by atoms with Gasteiger partial charge in [-0.15, -0.1) is 0 Å². The van der Waals surface area contributed by atoms with Crippen molar-refractivity contribution in [1.82, 2.24) is 0 Å². The van der Waals surface area contributed by atoms with E-state index in [1.54, 1.807) is 12.1 Å². The molecule has 0 aliphatic rings. The number of rotatable bonds is 6. The Bertz CT molecular complexity index is 480. The van der Waals surface area contributed by atoms with E-state index in [1.165, 1.54) is 7.11 Å². The van der Waals surface area contributed by atoms with Crippen LogP contribution >= 0.6 is 23.8 Å². The van der Waals surface area contributed by atoms with Crippen LogP contribution in [-0.4, -0.2) is 31.2 Å². The fraction of sp³-hybridized carbons (Fsp3) is 0.385. The second-order valence-electron chi connectivity index (χ2n) is 4.03. The summed E-state index contributed by atoms with van der Waals surface area (Å²) in [5.41, 5.74) is 7.03. The molecule has 1 aromatic carbocycles. The number of hydrogen-bond donors (Lipinski definition) is 1. The van der Waals surface area contributed by atoms with Gasteiger partial charge < -0.3 is 15.4 Å². The van der Waals surface area contributed by atoms with Crippen LogP contribution in [0.25, 0.3) is 0 Å². The highest BCUT2D eigenvalue weighted by Gasteiger charge is 2.14. The highest BCUT2D eigenvalue weighted by Crippen LogP contribution is 2.27. The molecule has 0 saturated carbocycles. The molecule has 0 heterocycles. The van der Waals surface area contributed by atoms with Gasteiger partial charge >= 0.3 is 5.97 Å². The Morgan fingerprint density at radius 2 is 2.21 bits per heavy atom. The zero-order valence-corrected chi connectivity index (χ0v) is 12.6. The van der Waals surface area contributed by atoms with Crippen LogP contribution in [0.2, 0.25) is 5.02 Å². The zero-order chi connectivity index (χ0) is 14.4. The summed E-state index contributed by atoms with van der Waals surface area (Å²) in [4.78, 5) is 13.6. The van der Waals surface area contributed by atoms with Gasteiger partial charge in [0, 0.05) is 12.1 Å². The van der Waals surface area contributed by atoms with E-state index in [4.69, 9.17) is 29.6 Å². The van der Waals surface area contributed by atoms with Crippen molar-refractivity contribution in [3.8, 4) is 0 Å². The minimum atomic E-state index is -0.303. The monoisotopic (exact) mass is 300 g/mol. The molecule has 0 radical (unpaired) electrons. The van der Waals surface area contributed by atoms with Gasteiger partial charge in [-0.3, -0.25) is 4.79 Å². The first-order valence-electron chi connectivity index (χ1n) is 5.90. The summed E-state index contributed by atoms with van der Waals surface area (Å²) in [5, 5.41) is 0.516. The molecule has 0 fully saturated rings. The van der Waals surface area contributed by atoms with Crippen LogP contribution in [0, 0.1) is 0 Å². The number of carbonyl (C=O) groups is 1. The van der Waals surface area contributed by atoms with Crippen LogP contribution in [-0.2, 0) is 9.53 Å². The summed E-state index contributed by atoms with van der Waals surface area (Å²) in [6, 6.07) is 5.32. The molecule has 0 saturated heterocycles. The Morgan fingerprint density at radius 3 is 2.68 bits per heavy atom. The fourth-order valence-corrected chi connectivity index (χ4v) is 2.12. The third kappa shape index (κ3) is 4.36. The van der Waals surface area contributed by atoms with E-state index in [0.717, 1.165) is 12.1 Å². The lowest BCUT2D eigenvalue weighted by molar-refractivity contribution is -0.138. The molecule has 19 heavy (non-hydrogen) atoms. The van der Waals surface area contributed by atoms with Crippen molar-refractivity contribution >= 4 is 40.5 Å². The van der Waals surface area contributed by atoms with Crippen molar-refractivity contribution in [2.24, 2.45) is 5.73 Å². The number of carbonyl (C=O) groups excluding carboxylic acids is 1. The summed E-state index contributed by atoms with van der Waals surface area (Å²) in [6.07, 6.45) is 0.893. The van der Waals surface area contributed by atoms with Crippen LogP contribution in [0.4, 0.5) is 5.69 Å². The molecule has 0 bridgehead atoms. The first-order chi connectivity index (χ1) is 8.99. The highest BCUT2D eigenvalue weighted by atomic mass is 35.5. The van der Waals surface area contributed by atoms with E-state index in [2.05, 4.69) is 4.74 Å². The number of nitrogens with zero attached hydrogens (tertiary/aromatic N) is 1. The predicted octanol–water partition coefficient (Wildman–Crippen LogP) is 2.36. The number of thiocarbonyl (C=S) groups is 1. The highest BCUT2D eigenvalue weighted by molar-refractivity contribution is 7.80. The lowest BCUT2D eigenvalue weighted by Crippen LogP contribution is -2.31. The number of hydrogen-bond acceptors (Lipinski definition) is 4. The average Bonchev–Trinajstić information content (AvgIpc) is 2.37. The van der Waals surface area contributed by atoms with Gasteiger partial charge in [0.15, 0.2) is 0 Å². The molecule has 1 rings (SSSR count). The summed E-state index contributed by atoms with van der Waals surface area (Å²) in [5.74, 6) is -0.303. The number of benzene rings is 1. The van der Waals surface area contributed by atoms with Gasteiger partial charge in [0.1, 0.15) is 11.5 Å². The molecule has 1 aromatic rings. The smallest absolute Gasteiger partial charge is 0.325 e. The quantitative estimate of drug-likeness (QED) is 0.646. The first kappa shape index (κ1) is 15.7. The Balaban J connectivity index is 3.02. The molecule has 0 unspecified atom stereocenters. The number of methoxy groups -OCH3 is 1. The van der Waals surface area contributed by atoms with Gasteiger partial charge in [0.25, 0.3) is 0 Å². The lowest BCUT2D eigenvalue weighted by atomic mass is 10.2. The Labute approximate surface area is 123 Å². The van der Waals surface area contributed by atoms with Crippen molar-refractivity contribution in [3.05, 3.63) is 28.8 Å². The molecule has 0 atom stereocenters. The van der Waals surface area contributed by atoms with Gasteiger partial charge in [0.05, 0.1) is 17.8 Å². The SMILES string of the molecule is CCCN(CC(=O)OC)c1ccc(C(N)=S)cc1Cl. The molecule has 0 aliphatic carbocycles. The third-order valence-corrected chi connectivity index (χ3v) is 3.15. The number of ether oxygens (including phenoxy) is 1. The van der Waals surface area contributed by atoms with Crippen LogP contribution in [0.3, 0.4) is 0 Å². The molecule has 104 valence electrons. The first-order valence-corrected chi connectivity index (χ1v) is 6.69. The topological polar surface area (TPSA) is 55.6 Å². The number of halogens is 1. The molecule has 6 heteroatoms. The maximum atomic E-state index is 11.4. The summed E-state index contributed by atoms with van der Waals surface area (Å²) in [7, 11) is 1.37. The molecular weight excluding hydrogens is 284 g/mol. The van der Waals surface area contributed by atoms with Gasteiger partial charge in [-0.2, -0.15) is 0 Å². The third-order valence-electron chi connectivity index (χ3n) is 2.61. The summed E-state index contributed by atoms with van der Waals surface area (Å²) < 4.78 is 4.69. The normalized spacial score (nSPS) is 10.1. The maximum absolute atomic E-state index is 11.4. The van der Waals surface area contributed by atoms with Gasteiger partial charge in [0.2, 0.25) is 0 Å². The Hall–Kier alpha value is -1.33. The molecule has 0 amide bonds. The van der Waals surface area contributed by atoms with E-state index < -0.39 is 0 Å². The number of esters is 1. The zero-order valence-electron chi connectivity index (χ0n) is 11.0. The minimum Gasteiger partial charge on any atom is -0.468 e. The van der Waals surface area contributed by atoms with Crippen LogP contribution in [0.15, 0.2) is 18.2 Å².